The number of anilines is 1. The third kappa shape index (κ3) is 3.87. The van der Waals surface area contributed by atoms with Gasteiger partial charge in [0, 0.05) is 19.8 Å². The third-order valence-corrected chi connectivity index (χ3v) is 5.21. The molecule has 0 aliphatic rings. The molecule has 0 bridgehead atoms. The maximum atomic E-state index is 13.0. The minimum atomic E-state index is -3.53. The van der Waals surface area contributed by atoms with Crippen molar-refractivity contribution in [3.8, 4) is 0 Å². The molecular weight excluding hydrogens is 343 g/mol. The maximum absolute atomic E-state index is 13.0. The number of rotatable bonds is 4. The van der Waals surface area contributed by atoms with E-state index in [1.807, 2.05) is 0 Å². The summed E-state index contributed by atoms with van der Waals surface area (Å²) in [6, 6.07) is 9.15. The quantitative estimate of drug-likeness (QED) is 0.915. The molecule has 0 aliphatic heterocycles. The molecule has 0 heterocycles. The third-order valence-electron chi connectivity index (χ3n) is 3.07. The van der Waals surface area contributed by atoms with Gasteiger partial charge in [0.1, 0.15) is 5.82 Å². The average Bonchev–Trinajstić information content (AvgIpc) is 2.47. The lowest BCUT2D eigenvalue weighted by Gasteiger charge is -2.12. The van der Waals surface area contributed by atoms with Crippen LogP contribution < -0.4 is 5.32 Å². The minimum Gasteiger partial charge on any atom is -0.322 e. The van der Waals surface area contributed by atoms with E-state index in [4.69, 9.17) is 11.6 Å². The molecule has 8 heteroatoms. The summed E-state index contributed by atoms with van der Waals surface area (Å²) >= 11 is 5.82. The number of hydrogen-bond donors (Lipinski definition) is 1. The Morgan fingerprint density at radius 3 is 2.26 bits per heavy atom. The second kappa shape index (κ2) is 6.66. The molecule has 0 radical (unpaired) electrons. The number of carbonyl (C=O) groups excluding carboxylic acids is 1. The van der Waals surface area contributed by atoms with E-state index in [9.17, 15) is 17.6 Å². The molecule has 0 saturated heterocycles. The highest BCUT2D eigenvalue weighted by Gasteiger charge is 2.17. The summed E-state index contributed by atoms with van der Waals surface area (Å²) in [6.45, 7) is 0. The van der Waals surface area contributed by atoms with E-state index in [-0.39, 0.29) is 15.5 Å². The number of benzene rings is 2. The van der Waals surface area contributed by atoms with Crippen LogP contribution in [-0.4, -0.2) is 32.7 Å². The zero-order valence-corrected chi connectivity index (χ0v) is 14.0. The van der Waals surface area contributed by atoms with E-state index in [1.54, 1.807) is 0 Å². The second-order valence-corrected chi connectivity index (χ2v) is 7.45. The highest BCUT2D eigenvalue weighted by atomic mass is 35.5. The Morgan fingerprint density at radius 1 is 1.13 bits per heavy atom. The van der Waals surface area contributed by atoms with Crippen LogP contribution in [0.5, 0.6) is 0 Å². The van der Waals surface area contributed by atoms with Gasteiger partial charge in [-0.25, -0.2) is 17.1 Å². The molecule has 1 N–H and O–H groups in total. The van der Waals surface area contributed by atoms with Crippen molar-refractivity contribution in [2.45, 2.75) is 4.90 Å². The molecule has 0 fully saturated rings. The lowest BCUT2D eigenvalue weighted by Crippen LogP contribution is -2.22. The Bertz CT molecular complexity index is 836. The van der Waals surface area contributed by atoms with Crippen molar-refractivity contribution in [3.05, 3.63) is 58.9 Å². The smallest absolute Gasteiger partial charge is 0.257 e. The normalized spacial score (nSPS) is 11.5. The molecule has 1 amide bonds. The maximum Gasteiger partial charge on any atom is 0.257 e. The first-order chi connectivity index (χ1) is 10.7. The molecular formula is C15H14ClFN2O3S. The molecule has 0 spiro atoms. The van der Waals surface area contributed by atoms with Gasteiger partial charge in [0.15, 0.2) is 0 Å². The van der Waals surface area contributed by atoms with Crippen LogP contribution in [0, 0.1) is 5.82 Å². The fourth-order valence-electron chi connectivity index (χ4n) is 1.79. The van der Waals surface area contributed by atoms with E-state index in [2.05, 4.69) is 5.32 Å². The lowest BCUT2D eigenvalue weighted by atomic mass is 10.2. The van der Waals surface area contributed by atoms with Crippen molar-refractivity contribution in [1.82, 2.24) is 4.31 Å². The van der Waals surface area contributed by atoms with E-state index in [0.29, 0.717) is 5.69 Å². The van der Waals surface area contributed by atoms with Crippen LogP contribution in [0.4, 0.5) is 10.1 Å². The van der Waals surface area contributed by atoms with Crippen LogP contribution in [0.1, 0.15) is 10.4 Å². The average molecular weight is 357 g/mol. The Hall–Kier alpha value is -1.96. The molecule has 23 heavy (non-hydrogen) atoms. The van der Waals surface area contributed by atoms with E-state index >= 15 is 0 Å². The Kier molecular flexibility index (Phi) is 5.03. The van der Waals surface area contributed by atoms with Crippen LogP contribution in [0.15, 0.2) is 47.4 Å². The first kappa shape index (κ1) is 17.4. The van der Waals surface area contributed by atoms with Crippen molar-refractivity contribution in [1.29, 1.82) is 0 Å². The van der Waals surface area contributed by atoms with Crippen molar-refractivity contribution < 1.29 is 17.6 Å². The number of hydrogen-bond acceptors (Lipinski definition) is 3. The molecule has 5 nitrogen and oxygen atoms in total. The Morgan fingerprint density at radius 2 is 1.74 bits per heavy atom. The topological polar surface area (TPSA) is 66.5 Å². The summed E-state index contributed by atoms with van der Waals surface area (Å²) in [5.74, 6) is -1.05. The predicted molar refractivity (Wildman–Crippen MR) is 86.7 cm³/mol. The Balaban J connectivity index is 2.20. The first-order valence-corrected chi connectivity index (χ1v) is 8.32. The predicted octanol–water partition coefficient (Wildman–Crippen LogP) is 2.98. The van der Waals surface area contributed by atoms with Crippen molar-refractivity contribution in [3.63, 3.8) is 0 Å². The van der Waals surface area contributed by atoms with Gasteiger partial charge >= 0.3 is 0 Å². The van der Waals surface area contributed by atoms with Crippen molar-refractivity contribution in [2.24, 2.45) is 0 Å². The number of sulfonamides is 1. The molecule has 122 valence electrons. The van der Waals surface area contributed by atoms with Gasteiger partial charge < -0.3 is 5.32 Å². The molecule has 2 rings (SSSR count). The lowest BCUT2D eigenvalue weighted by molar-refractivity contribution is 0.102. The summed E-state index contributed by atoms with van der Waals surface area (Å²) in [5, 5.41) is 2.57. The second-order valence-electron chi connectivity index (χ2n) is 4.89. The summed E-state index contributed by atoms with van der Waals surface area (Å²) < 4.78 is 38.0. The highest BCUT2D eigenvalue weighted by Crippen LogP contribution is 2.20. The van der Waals surface area contributed by atoms with Gasteiger partial charge in [0.25, 0.3) is 5.91 Å². The standard InChI is InChI=1S/C15H14ClFN2O3S/c1-19(2)23(21,22)12-6-4-11(5-7-12)18-15(20)13-8-3-10(17)9-14(13)16/h3-9H,1-2H3,(H,18,20). The van der Waals surface area contributed by atoms with Gasteiger partial charge in [0.2, 0.25) is 10.0 Å². The van der Waals surface area contributed by atoms with Crippen molar-refractivity contribution >= 4 is 33.2 Å². The number of halogens is 2. The fourth-order valence-corrected chi connectivity index (χ4v) is 2.95. The largest absolute Gasteiger partial charge is 0.322 e. The van der Waals surface area contributed by atoms with Crippen LogP contribution in [0.2, 0.25) is 5.02 Å². The first-order valence-electron chi connectivity index (χ1n) is 6.51. The number of nitrogens with one attached hydrogen (secondary N) is 1. The van der Waals surface area contributed by atoms with E-state index in [1.165, 1.54) is 44.4 Å². The number of carbonyl (C=O) groups is 1. The molecule has 0 saturated carbocycles. The summed E-state index contributed by atoms with van der Waals surface area (Å²) in [5.41, 5.74) is 0.520. The van der Waals surface area contributed by atoms with Crippen LogP contribution >= 0.6 is 11.6 Å². The van der Waals surface area contributed by atoms with E-state index in [0.717, 1.165) is 16.4 Å². The molecule has 2 aromatic rings. The summed E-state index contributed by atoms with van der Waals surface area (Å²) in [4.78, 5) is 12.2. The van der Waals surface area contributed by atoms with Gasteiger partial charge in [0.05, 0.1) is 15.5 Å². The molecule has 2 aromatic carbocycles. The van der Waals surface area contributed by atoms with Gasteiger partial charge in [-0.15, -0.1) is 0 Å². The Labute approximate surface area is 138 Å². The van der Waals surface area contributed by atoms with Gasteiger partial charge in [-0.3, -0.25) is 4.79 Å². The fraction of sp³-hybridized carbons (Fsp3) is 0.133. The summed E-state index contributed by atoms with van der Waals surface area (Å²) in [7, 11) is -0.664. The molecule has 0 atom stereocenters. The SMILES string of the molecule is CN(C)S(=O)(=O)c1ccc(NC(=O)c2ccc(F)cc2Cl)cc1. The van der Waals surface area contributed by atoms with E-state index < -0.39 is 21.7 Å². The van der Waals surface area contributed by atoms with Crippen molar-refractivity contribution in [2.75, 3.05) is 19.4 Å². The monoisotopic (exact) mass is 356 g/mol. The minimum absolute atomic E-state index is 0.00527. The van der Waals surface area contributed by atoms with Gasteiger partial charge in [-0.1, -0.05) is 11.6 Å². The zero-order chi connectivity index (χ0) is 17.2. The van der Waals surface area contributed by atoms with Gasteiger partial charge in [-0.2, -0.15) is 0 Å². The summed E-state index contributed by atoms with van der Waals surface area (Å²) in [6.07, 6.45) is 0. The highest BCUT2D eigenvalue weighted by molar-refractivity contribution is 7.89. The zero-order valence-electron chi connectivity index (χ0n) is 12.4. The van der Waals surface area contributed by atoms with Gasteiger partial charge in [-0.05, 0) is 42.5 Å². The number of amides is 1. The van der Waals surface area contributed by atoms with Crippen LogP contribution in [-0.2, 0) is 10.0 Å². The van der Waals surface area contributed by atoms with Crippen LogP contribution in [0.3, 0.4) is 0 Å². The molecule has 0 aromatic heterocycles. The molecule has 0 unspecified atom stereocenters. The molecule has 0 aliphatic carbocycles. The number of nitrogens with zero attached hydrogens (tertiary/aromatic N) is 1. The van der Waals surface area contributed by atoms with Crippen LogP contribution in [0.25, 0.3) is 0 Å².